The van der Waals surface area contributed by atoms with E-state index in [0.717, 1.165) is 25.9 Å². The van der Waals surface area contributed by atoms with Gasteiger partial charge in [0.15, 0.2) is 0 Å². The molecule has 1 fully saturated rings. The SMILES string of the molecule is CC[C@@H]1CCCN(C(=O)[C@@H](NC(=O)COC)C(C)C)C1. The summed E-state index contributed by atoms with van der Waals surface area (Å²) in [7, 11) is 1.47. The molecule has 0 bridgehead atoms. The maximum absolute atomic E-state index is 12.6. The lowest BCUT2D eigenvalue weighted by Gasteiger charge is -2.35. The van der Waals surface area contributed by atoms with Crippen LogP contribution in [0.1, 0.15) is 40.0 Å². The molecule has 0 aromatic heterocycles. The van der Waals surface area contributed by atoms with Gasteiger partial charge in [-0.15, -0.1) is 0 Å². The van der Waals surface area contributed by atoms with Gasteiger partial charge in [-0.2, -0.15) is 0 Å². The van der Waals surface area contributed by atoms with Crippen molar-refractivity contribution in [3.63, 3.8) is 0 Å². The number of hydrogen-bond acceptors (Lipinski definition) is 3. The second kappa shape index (κ2) is 8.25. The van der Waals surface area contributed by atoms with Gasteiger partial charge in [0.2, 0.25) is 11.8 Å². The van der Waals surface area contributed by atoms with E-state index in [1.165, 1.54) is 13.5 Å². The lowest BCUT2D eigenvalue weighted by Crippen LogP contribution is -2.54. The minimum absolute atomic E-state index is 0.00587. The second-order valence-corrected chi connectivity index (χ2v) is 5.92. The third-order valence-electron chi connectivity index (χ3n) is 3.93. The van der Waals surface area contributed by atoms with Gasteiger partial charge in [0, 0.05) is 20.2 Å². The van der Waals surface area contributed by atoms with Crippen LogP contribution < -0.4 is 5.32 Å². The summed E-state index contributed by atoms with van der Waals surface area (Å²) >= 11 is 0. The molecule has 1 aliphatic heterocycles. The van der Waals surface area contributed by atoms with E-state index >= 15 is 0 Å². The fourth-order valence-corrected chi connectivity index (χ4v) is 2.65. The van der Waals surface area contributed by atoms with Crippen LogP contribution in [-0.4, -0.2) is 49.6 Å². The number of carbonyl (C=O) groups excluding carboxylic acids is 2. The lowest BCUT2D eigenvalue weighted by molar-refractivity contribution is -0.140. The van der Waals surface area contributed by atoms with E-state index in [-0.39, 0.29) is 24.3 Å². The monoisotopic (exact) mass is 284 g/mol. The van der Waals surface area contributed by atoms with Gasteiger partial charge in [0.1, 0.15) is 12.6 Å². The molecule has 0 spiro atoms. The summed E-state index contributed by atoms with van der Waals surface area (Å²) in [6.07, 6.45) is 3.36. The van der Waals surface area contributed by atoms with Crippen LogP contribution in [0.25, 0.3) is 0 Å². The van der Waals surface area contributed by atoms with E-state index in [4.69, 9.17) is 4.74 Å². The summed E-state index contributed by atoms with van der Waals surface area (Å²) in [5.74, 6) is 0.478. The number of nitrogens with one attached hydrogen (secondary N) is 1. The van der Waals surface area contributed by atoms with Crippen molar-refractivity contribution in [2.24, 2.45) is 11.8 Å². The molecule has 5 nitrogen and oxygen atoms in total. The standard InChI is InChI=1S/C15H28N2O3/c1-5-12-7-6-8-17(9-12)15(19)14(11(2)3)16-13(18)10-20-4/h11-12,14H,5-10H2,1-4H3,(H,16,18)/t12-,14+/m1/s1. The van der Waals surface area contributed by atoms with Gasteiger partial charge in [0.05, 0.1) is 0 Å². The van der Waals surface area contributed by atoms with Crippen molar-refractivity contribution >= 4 is 11.8 Å². The fourth-order valence-electron chi connectivity index (χ4n) is 2.65. The summed E-state index contributed by atoms with van der Waals surface area (Å²) in [5, 5.41) is 2.79. The number of nitrogens with zero attached hydrogens (tertiary/aromatic N) is 1. The van der Waals surface area contributed by atoms with Gasteiger partial charge >= 0.3 is 0 Å². The van der Waals surface area contributed by atoms with Crippen LogP contribution in [0.4, 0.5) is 0 Å². The first-order valence-electron chi connectivity index (χ1n) is 7.56. The van der Waals surface area contributed by atoms with Crippen LogP contribution in [0.3, 0.4) is 0 Å². The van der Waals surface area contributed by atoms with Crippen LogP contribution in [0.15, 0.2) is 0 Å². The van der Waals surface area contributed by atoms with E-state index < -0.39 is 6.04 Å². The smallest absolute Gasteiger partial charge is 0.246 e. The third-order valence-corrected chi connectivity index (χ3v) is 3.93. The molecule has 1 rings (SSSR count). The minimum atomic E-state index is -0.451. The predicted octanol–water partition coefficient (Wildman–Crippen LogP) is 1.42. The number of hydrogen-bond donors (Lipinski definition) is 1. The minimum Gasteiger partial charge on any atom is -0.375 e. The zero-order valence-corrected chi connectivity index (χ0v) is 13.1. The van der Waals surface area contributed by atoms with Crippen molar-refractivity contribution < 1.29 is 14.3 Å². The molecular formula is C15H28N2O3. The van der Waals surface area contributed by atoms with Crippen molar-refractivity contribution in [1.29, 1.82) is 0 Å². The first-order chi connectivity index (χ1) is 9.49. The molecule has 20 heavy (non-hydrogen) atoms. The highest BCUT2D eigenvalue weighted by Crippen LogP contribution is 2.20. The van der Waals surface area contributed by atoms with Gasteiger partial charge in [-0.05, 0) is 24.7 Å². The van der Waals surface area contributed by atoms with E-state index in [1.54, 1.807) is 0 Å². The average Bonchev–Trinajstić information content (AvgIpc) is 2.44. The van der Waals surface area contributed by atoms with Crippen molar-refractivity contribution in [3.8, 4) is 0 Å². The number of amides is 2. The molecule has 2 amide bonds. The van der Waals surface area contributed by atoms with Gasteiger partial charge in [-0.3, -0.25) is 9.59 Å². The number of ether oxygens (including phenoxy) is 1. The highest BCUT2D eigenvalue weighted by atomic mass is 16.5. The topological polar surface area (TPSA) is 58.6 Å². The third kappa shape index (κ3) is 4.78. The first-order valence-corrected chi connectivity index (χ1v) is 7.56. The Morgan fingerprint density at radius 2 is 2.10 bits per heavy atom. The summed E-state index contributed by atoms with van der Waals surface area (Å²) in [4.78, 5) is 26.2. The Hall–Kier alpha value is -1.10. The summed E-state index contributed by atoms with van der Waals surface area (Å²) in [6, 6.07) is -0.451. The van der Waals surface area contributed by atoms with E-state index in [9.17, 15) is 9.59 Å². The van der Waals surface area contributed by atoms with Crippen LogP contribution in [0, 0.1) is 11.8 Å². The molecule has 1 saturated heterocycles. The number of piperidine rings is 1. The van der Waals surface area contributed by atoms with Crippen LogP contribution in [-0.2, 0) is 14.3 Å². The normalized spacial score (nSPS) is 20.9. The summed E-state index contributed by atoms with van der Waals surface area (Å²) in [6.45, 7) is 7.69. The Bertz CT molecular complexity index is 331. The van der Waals surface area contributed by atoms with E-state index in [0.29, 0.717) is 5.92 Å². The Morgan fingerprint density at radius 1 is 1.40 bits per heavy atom. The average molecular weight is 284 g/mol. The molecule has 1 aliphatic rings. The highest BCUT2D eigenvalue weighted by molar-refractivity contribution is 5.88. The first kappa shape index (κ1) is 17.0. The van der Waals surface area contributed by atoms with E-state index in [2.05, 4.69) is 12.2 Å². The zero-order chi connectivity index (χ0) is 15.1. The van der Waals surface area contributed by atoms with Gasteiger partial charge in [-0.25, -0.2) is 0 Å². The van der Waals surface area contributed by atoms with Crippen molar-refractivity contribution in [2.45, 2.75) is 46.1 Å². The molecular weight excluding hydrogens is 256 g/mol. The second-order valence-electron chi connectivity index (χ2n) is 5.92. The predicted molar refractivity (Wildman–Crippen MR) is 78.2 cm³/mol. The van der Waals surface area contributed by atoms with Crippen LogP contribution in [0.5, 0.6) is 0 Å². The number of carbonyl (C=O) groups is 2. The highest BCUT2D eigenvalue weighted by Gasteiger charge is 2.31. The van der Waals surface area contributed by atoms with Gasteiger partial charge in [0.25, 0.3) is 0 Å². The van der Waals surface area contributed by atoms with Crippen LogP contribution >= 0.6 is 0 Å². The number of rotatable bonds is 6. The molecule has 2 atom stereocenters. The lowest BCUT2D eigenvalue weighted by atomic mass is 9.94. The molecule has 1 N–H and O–H groups in total. The molecule has 0 aliphatic carbocycles. The molecule has 0 aromatic carbocycles. The quantitative estimate of drug-likeness (QED) is 0.802. The number of methoxy groups -OCH3 is 1. The zero-order valence-electron chi connectivity index (χ0n) is 13.1. The van der Waals surface area contributed by atoms with E-state index in [1.807, 2.05) is 18.7 Å². The molecule has 0 aromatic rings. The van der Waals surface area contributed by atoms with Crippen molar-refractivity contribution in [2.75, 3.05) is 26.8 Å². The van der Waals surface area contributed by atoms with Gasteiger partial charge < -0.3 is 15.0 Å². The van der Waals surface area contributed by atoms with Crippen molar-refractivity contribution in [1.82, 2.24) is 10.2 Å². The molecule has 116 valence electrons. The Kier molecular flexibility index (Phi) is 6.99. The maximum Gasteiger partial charge on any atom is 0.246 e. The summed E-state index contributed by atoms with van der Waals surface area (Å²) < 4.78 is 4.81. The molecule has 5 heteroatoms. The summed E-state index contributed by atoms with van der Waals surface area (Å²) in [5.41, 5.74) is 0. The Balaban J connectivity index is 2.65. The maximum atomic E-state index is 12.6. The molecule has 1 heterocycles. The van der Waals surface area contributed by atoms with Crippen molar-refractivity contribution in [3.05, 3.63) is 0 Å². The van der Waals surface area contributed by atoms with Crippen LogP contribution in [0.2, 0.25) is 0 Å². The van der Waals surface area contributed by atoms with Gasteiger partial charge in [-0.1, -0.05) is 27.2 Å². The fraction of sp³-hybridized carbons (Fsp3) is 0.867. The molecule has 0 unspecified atom stereocenters. The Labute approximate surface area is 122 Å². The Morgan fingerprint density at radius 3 is 2.65 bits per heavy atom. The number of likely N-dealkylation sites (tertiary alicyclic amines) is 1. The molecule has 0 radical (unpaired) electrons. The molecule has 0 saturated carbocycles. The largest absolute Gasteiger partial charge is 0.375 e.